The third kappa shape index (κ3) is 1.55. The van der Waals surface area contributed by atoms with Gasteiger partial charge in [-0.3, -0.25) is 4.68 Å². The van der Waals surface area contributed by atoms with Crippen LogP contribution >= 0.6 is 34.2 Å². The molecule has 7 heteroatoms. The average molecular weight is 310 g/mol. The van der Waals surface area contributed by atoms with E-state index in [1.807, 2.05) is 7.05 Å². The molecule has 13 heavy (non-hydrogen) atoms. The van der Waals surface area contributed by atoms with Gasteiger partial charge in [-0.2, -0.15) is 5.10 Å². The molecule has 0 bridgehead atoms. The minimum absolute atomic E-state index is 0.0367. The topological polar surface area (TPSA) is 56.7 Å². The molecule has 0 unspecified atom stereocenters. The summed E-state index contributed by atoms with van der Waals surface area (Å²) in [5.41, 5.74) is 0.794. The fraction of sp³-hybridized carbons (Fsp3) is 0.167. The van der Waals surface area contributed by atoms with Gasteiger partial charge >= 0.3 is 5.35 Å². The lowest BCUT2D eigenvalue weighted by Gasteiger charge is -1.91. The minimum Gasteiger partial charge on any atom is -0.407 e. The van der Waals surface area contributed by atoms with Gasteiger partial charge < -0.3 is 4.42 Å². The highest BCUT2D eigenvalue weighted by atomic mass is 127. The van der Waals surface area contributed by atoms with Gasteiger partial charge in [-0.25, -0.2) is 0 Å². The maximum absolute atomic E-state index is 5.50. The van der Waals surface area contributed by atoms with E-state index in [0.717, 1.165) is 9.26 Å². The molecule has 0 saturated carbocycles. The molecule has 2 rings (SSSR count). The van der Waals surface area contributed by atoms with E-state index >= 15 is 0 Å². The molecule has 0 amide bonds. The van der Waals surface area contributed by atoms with E-state index < -0.39 is 0 Å². The smallest absolute Gasteiger partial charge is 0.313 e. The summed E-state index contributed by atoms with van der Waals surface area (Å²) < 4.78 is 7.69. The Morgan fingerprint density at radius 3 is 2.77 bits per heavy atom. The highest BCUT2D eigenvalue weighted by molar-refractivity contribution is 14.1. The van der Waals surface area contributed by atoms with Crippen LogP contribution in [-0.4, -0.2) is 20.0 Å². The summed E-state index contributed by atoms with van der Waals surface area (Å²) >= 11 is 7.64. The van der Waals surface area contributed by atoms with Crippen molar-refractivity contribution in [2.24, 2.45) is 7.05 Å². The number of aryl methyl sites for hydroxylation is 1. The fourth-order valence-electron chi connectivity index (χ4n) is 0.880. The fourth-order valence-corrected chi connectivity index (χ4v) is 1.49. The molecule has 0 saturated heterocycles. The van der Waals surface area contributed by atoms with Crippen LogP contribution in [0.4, 0.5) is 0 Å². The normalized spacial score (nSPS) is 10.7. The molecule has 2 aromatic heterocycles. The monoisotopic (exact) mass is 310 g/mol. The maximum Gasteiger partial charge on any atom is 0.313 e. The molecule has 0 aliphatic heterocycles. The molecule has 0 aliphatic rings. The lowest BCUT2D eigenvalue weighted by atomic mass is 10.4. The van der Waals surface area contributed by atoms with Gasteiger partial charge in [0.25, 0.3) is 5.89 Å². The Kier molecular flexibility index (Phi) is 2.24. The first-order chi connectivity index (χ1) is 6.18. The second-order valence-corrected chi connectivity index (χ2v) is 3.68. The van der Waals surface area contributed by atoms with E-state index in [1.165, 1.54) is 0 Å². The van der Waals surface area contributed by atoms with E-state index in [1.54, 1.807) is 10.9 Å². The van der Waals surface area contributed by atoms with Gasteiger partial charge in [0.2, 0.25) is 0 Å². The number of halogens is 2. The van der Waals surface area contributed by atoms with Gasteiger partial charge in [0.15, 0.2) is 0 Å². The number of hydrogen-bond donors (Lipinski definition) is 0. The molecule has 0 spiro atoms. The van der Waals surface area contributed by atoms with Gasteiger partial charge in [-0.15, -0.1) is 5.10 Å². The molecule has 2 aromatic rings. The third-order valence-electron chi connectivity index (χ3n) is 1.50. The minimum atomic E-state index is 0.0367. The molecule has 0 fully saturated rings. The van der Waals surface area contributed by atoms with E-state index in [4.69, 9.17) is 16.0 Å². The van der Waals surface area contributed by atoms with E-state index in [9.17, 15) is 0 Å². The van der Waals surface area contributed by atoms with Gasteiger partial charge in [0, 0.05) is 7.05 Å². The maximum atomic E-state index is 5.50. The molecule has 2 heterocycles. The highest BCUT2D eigenvalue weighted by Crippen LogP contribution is 2.24. The summed E-state index contributed by atoms with van der Waals surface area (Å²) in [7, 11) is 1.84. The van der Waals surface area contributed by atoms with Crippen LogP contribution in [0.5, 0.6) is 0 Å². The molecular weight excluding hydrogens is 306 g/mol. The highest BCUT2D eigenvalue weighted by Gasteiger charge is 2.13. The summed E-state index contributed by atoms with van der Waals surface area (Å²) in [4.78, 5) is 0. The second kappa shape index (κ2) is 3.26. The second-order valence-electron chi connectivity index (χ2n) is 2.33. The number of aromatic nitrogens is 4. The Balaban J connectivity index is 2.52. The zero-order chi connectivity index (χ0) is 9.42. The van der Waals surface area contributed by atoms with Gasteiger partial charge in [-0.1, -0.05) is 5.10 Å². The Labute approximate surface area is 92.2 Å². The van der Waals surface area contributed by atoms with Crippen LogP contribution in [0.25, 0.3) is 11.5 Å². The van der Waals surface area contributed by atoms with Gasteiger partial charge in [0.1, 0.15) is 3.70 Å². The number of nitrogens with zero attached hydrogens (tertiary/aromatic N) is 4. The zero-order valence-corrected chi connectivity index (χ0v) is 9.44. The van der Waals surface area contributed by atoms with Gasteiger partial charge in [0.05, 0.1) is 11.8 Å². The molecule has 0 N–H and O–H groups in total. The summed E-state index contributed by atoms with van der Waals surface area (Å²) in [6.45, 7) is 0. The Morgan fingerprint density at radius 2 is 2.31 bits per heavy atom. The number of rotatable bonds is 1. The summed E-state index contributed by atoms with van der Waals surface area (Å²) in [5.74, 6) is 0.391. The number of hydrogen-bond acceptors (Lipinski definition) is 4. The first-order valence-corrected chi connectivity index (χ1v) is 4.81. The van der Waals surface area contributed by atoms with Crippen molar-refractivity contribution in [1.82, 2.24) is 20.0 Å². The Hall–Kier alpha value is -0.630. The van der Waals surface area contributed by atoms with Gasteiger partial charge in [-0.05, 0) is 34.2 Å². The van der Waals surface area contributed by atoms with Crippen molar-refractivity contribution in [3.05, 3.63) is 15.2 Å². The Bertz CT molecular complexity index is 438. The molecule has 0 atom stereocenters. The van der Waals surface area contributed by atoms with Crippen molar-refractivity contribution in [3.8, 4) is 11.5 Å². The van der Waals surface area contributed by atoms with Crippen molar-refractivity contribution < 1.29 is 4.42 Å². The first kappa shape index (κ1) is 8.95. The first-order valence-electron chi connectivity index (χ1n) is 3.35. The van der Waals surface area contributed by atoms with Crippen LogP contribution in [0.1, 0.15) is 0 Å². The third-order valence-corrected chi connectivity index (χ3v) is 2.93. The average Bonchev–Trinajstić information content (AvgIpc) is 2.62. The van der Waals surface area contributed by atoms with E-state index in [-0.39, 0.29) is 5.35 Å². The molecule has 0 radical (unpaired) electrons. The van der Waals surface area contributed by atoms with Crippen LogP contribution < -0.4 is 0 Å². The van der Waals surface area contributed by atoms with Crippen molar-refractivity contribution >= 4 is 34.2 Å². The van der Waals surface area contributed by atoms with Crippen LogP contribution in [0.15, 0.2) is 10.6 Å². The van der Waals surface area contributed by atoms with Crippen LogP contribution in [-0.2, 0) is 7.05 Å². The van der Waals surface area contributed by atoms with E-state index in [0.29, 0.717) is 5.89 Å². The van der Waals surface area contributed by atoms with Crippen molar-refractivity contribution in [2.45, 2.75) is 0 Å². The van der Waals surface area contributed by atoms with Crippen LogP contribution in [0.2, 0.25) is 5.35 Å². The largest absolute Gasteiger partial charge is 0.407 e. The molecule has 0 aromatic carbocycles. The van der Waals surface area contributed by atoms with Crippen molar-refractivity contribution in [3.63, 3.8) is 0 Å². The summed E-state index contributed by atoms with van der Waals surface area (Å²) in [6.07, 6.45) is 1.66. The Morgan fingerprint density at radius 1 is 1.54 bits per heavy atom. The lowest BCUT2D eigenvalue weighted by Crippen LogP contribution is -1.92. The predicted molar refractivity (Wildman–Crippen MR) is 54.2 cm³/mol. The lowest BCUT2D eigenvalue weighted by molar-refractivity contribution is 0.570. The van der Waals surface area contributed by atoms with E-state index in [2.05, 4.69) is 37.9 Å². The molecule has 0 aliphatic carbocycles. The zero-order valence-electron chi connectivity index (χ0n) is 6.53. The van der Waals surface area contributed by atoms with Crippen LogP contribution in [0, 0.1) is 3.70 Å². The van der Waals surface area contributed by atoms with Crippen molar-refractivity contribution in [1.29, 1.82) is 0 Å². The van der Waals surface area contributed by atoms with Crippen molar-refractivity contribution in [2.75, 3.05) is 0 Å². The van der Waals surface area contributed by atoms with Crippen LogP contribution in [0.3, 0.4) is 0 Å². The molecule has 5 nitrogen and oxygen atoms in total. The summed E-state index contributed by atoms with van der Waals surface area (Å²) in [5, 5.41) is 11.4. The predicted octanol–water partition coefficient (Wildman–Crippen LogP) is 1.73. The SMILES string of the molecule is Cn1ncc(-c2nnc(Cl)o2)c1I. The molecular formula is C6H4ClIN4O. The standard InChI is InChI=1S/C6H4ClIN4O/c1-12-4(8)3(2-9-12)5-10-11-6(7)13-5/h2H,1H3. The quantitative estimate of drug-likeness (QED) is 0.753. The molecule has 68 valence electrons. The summed E-state index contributed by atoms with van der Waals surface area (Å²) in [6, 6.07) is 0.